The van der Waals surface area contributed by atoms with Gasteiger partial charge in [0.25, 0.3) is 5.91 Å². The monoisotopic (exact) mass is 333 g/mol. The first-order valence-corrected chi connectivity index (χ1v) is 8.90. The molecule has 3 N–H and O–H groups in total. The van der Waals surface area contributed by atoms with Gasteiger partial charge in [-0.3, -0.25) is 4.79 Å². The fourth-order valence-electron chi connectivity index (χ4n) is 3.94. The zero-order valence-electron chi connectivity index (χ0n) is 14.2. The van der Waals surface area contributed by atoms with Gasteiger partial charge in [-0.1, -0.05) is 42.5 Å². The Bertz CT molecular complexity index is 892. The number of primary amides is 1. The highest BCUT2D eigenvalue weighted by atomic mass is 16.1. The van der Waals surface area contributed by atoms with Gasteiger partial charge in [-0.2, -0.15) is 0 Å². The average molecular weight is 333 g/mol. The summed E-state index contributed by atoms with van der Waals surface area (Å²) in [5.41, 5.74) is 9.87. The van der Waals surface area contributed by atoms with Crippen LogP contribution in [0.25, 0.3) is 10.9 Å². The largest absolute Gasteiger partial charge is 0.364 e. The molecule has 0 bridgehead atoms. The standard InChI is InChI=1S/C21H23N3O/c22-21(25)20-13-18-17(16-9-11-23-12-10-16)7-4-8-19(18)24(20)14-15-5-2-1-3-6-15/h1-8,13,16,23H,9-12,14H2,(H2,22,25). The molecule has 1 aliphatic heterocycles. The number of amides is 1. The Morgan fingerprint density at radius 2 is 1.84 bits per heavy atom. The molecule has 4 heteroatoms. The first-order valence-electron chi connectivity index (χ1n) is 8.90. The Labute approximate surface area is 147 Å². The molecule has 0 radical (unpaired) electrons. The van der Waals surface area contributed by atoms with E-state index in [0.29, 0.717) is 18.2 Å². The van der Waals surface area contributed by atoms with Crippen molar-refractivity contribution >= 4 is 16.8 Å². The van der Waals surface area contributed by atoms with Gasteiger partial charge in [0.15, 0.2) is 0 Å². The van der Waals surface area contributed by atoms with Crippen LogP contribution in [0.2, 0.25) is 0 Å². The summed E-state index contributed by atoms with van der Waals surface area (Å²) < 4.78 is 2.05. The predicted molar refractivity (Wildman–Crippen MR) is 101 cm³/mol. The van der Waals surface area contributed by atoms with Crippen molar-refractivity contribution in [2.45, 2.75) is 25.3 Å². The maximum absolute atomic E-state index is 12.1. The lowest BCUT2D eigenvalue weighted by atomic mass is 9.88. The highest BCUT2D eigenvalue weighted by molar-refractivity contribution is 5.99. The maximum atomic E-state index is 12.1. The molecule has 0 atom stereocenters. The number of nitrogens with one attached hydrogen (secondary N) is 1. The minimum Gasteiger partial charge on any atom is -0.364 e. The van der Waals surface area contributed by atoms with E-state index in [1.54, 1.807) is 0 Å². The van der Waals surface area contributed by atoms with Crippen LogP contribution >= 0.6 is 0 Å². The summed E-state index contributed by atoms with van der Waals surface area (Å²) in [4.78, 5) is 12.1. The first-order chi connectivity index (χ1) is 12.2. The average Bonchev–Trinajstić information content (AvgIpc) is 3.02. The molecule has 128 valence electrons. The van der Waals surface area contributed by atoms with Crippen LogP contribution in [0, 0.1) is 0 Å². The molecule has 1 fully saturated rings. The number of nitrogens with zero attached hydrogens (tertiary/aromatic N) is 1. The quantitative estimate of drug-likeness (QED) is 0.770. The lowest BCUT2D eigenvalue weighted by Gasteiger charge is -2.23. The highest BCUT2D eigenvalue weighted by Gasteiger charge is 2.21. The second kappa shape index (κ2) is 6.73. The van der Waals surface area contributed by atoms with Gasteiger partial charge in [0.2, 0.25) is 0 Å². The van der Waals surface area contributed by atoms with Crippen molar-refractivity contribution in [1.29, 1.82) is 0 Å². The lowest BCUT2D eigenvalue weighted by Crippen LogP contribution is -2.26. The summed E-state index contributed by atoms with van der Waals surface area (Å²) in [6, 6.07) is 18.6. The van der Waals surface area contributed by atoms with E-state index in [1.165, 1.54) is 10.9 Å². The van der Waals surface area contributed by atoms with Gasteiger partial charge in [-0.25, -0.2) is 0 Å². The van der Waals surface area contributed by atoms with Gasteiger partial charge in [0.05, 0.1) is 0 Å². The van der Waals surface area contributed by atoms with E-state index < -0.39 is 0 Å². The van der Waals surface area contributed by atoms with Crippen LogP contribution in [0.5, 0.6) is 0 Å². The molecular formula is C21H23N3O. The summed E-state index contributed by atoms with van der Waals surface area (Å²) in [5, 5.41) is 4.59. The Morgan fingerprint density at radius 3 is 2.56 bits per heavy atom. The van der Waals surface area contributed by atoms with Gasteiger partial charge < -0.3 is 15.6 Å². The van der Waals surface area contributed by atoms with Crippen LogP contribution in [0.15, 0.2) is 54.6 Å². The van der Waals surface area contributed by atoms with Crippen molar-refractivity contribution in [2.75, 3.05) is 13.1 Å². The Hall–Kier alpha value is -2.59. The van der Waals surface area contributed by atoms with Crippen molar-refractivity contribution in [1.82, 2.24) is 9.88 Å². The van der Waals surface area contributed by atoms with Crippen molar-refractivity contribution in [2.24, 2.45) is 5.73 Å². The van der Waals surface area contributed by atoms with E-state index in [4.69, 9.17) is 5.73 Å². The Morgan fingerprint density at radius 1 is 1.08 bits per heavy atom. The van der Waals surface area contributed by atoms with Crippen LogP contribution in [-0.4, -0.2) is 23.6 Å². The van der Waals surface area contributed by atoms with Gasteiger partial charge in [-0.15, -0.1) is 0 Å². The molecule has 2 heterocycles. The topological polar surface area (TPSA) is 60.1 Å². The molecule has 1 aromatic heterocycles. The molecule has 3 aromatic rings. The fraction of sp³-hybridized carbons (Fsp3) is 0.286. The predicted octanol–water partition coefficient (Wildman–Crippen LogP) is 3.26. The van der Waals surface area contributed by atoms with E-state index in [0.717, 1.165) is 37.0 Å². The number of benzene rings is 2. The normalized spacial score (nSPS) is 15.5. The number of carbonyl (C=O) groups excluding carboxylic acids is 1. The third-order valence-electron chi connectivity index (χ3n) is 5.19. The molecule has 1 amide bonds. The lowest BCUT2D eigenvalue weighted by molar-refractivity contribution is 0.0992. The Balaban J connectivity index is 1.83. The highest BCUT2D eigenvalue weighted by Crippen LogP contribution is 2.33. The number of hydrogen-bond donors (Lipinski definition) is 2. The van der Waals surface area contributed by atoms with Crippen molar-refractivity contribution in [3.63, 3.8) is 0 Å². The first kappa shape index (κ1) is 15.9. The molecular weight excluding hydrogens is 310 g/mol. The molecule has 2 aromatic carbocycles. The summed E-state index contributed by atoms with van der Waals surface area (Å²) in [6.45, 7) is 2.75. The summed E-state index contributed by atoms with van der Waals surface area (Å²) in [7, 11) is 0. The number of carbonyl (C=O) groups is 1. The van der Waals surface area contributed by atoms with Crippen LogP contribution in [0.1, 0.15) is 40.4 Å². The van der Waals surface area contributed by atoms with E-state index >= 15 is 0 Å². The molecule has 0 saturated carbocycles. The zero-order chi connectivity index (χ0) is 17.2. The minimum absolute atomic E-state index is 0.372. The second-order valence-corrected chi connectivity index (χ2v) is 6.77. The van der Waals surface area contributed by atoms with Crippen LogP contribution in [0.3, 0.4) is 0 Å². The SMILES string of the molecule is NC(=O)c1cc2c(C3CCNCC3)cccc2n1Cc1ccccc1. The summed E-state index contributed by atoms with van der Waals surface area (Å²) >= 11 is 0. The van der Waals surface area contributed by atoms with Crippen LogP contribution in [-0.2, 0) is 6.54 Å². The van der Waals surface area contributed by atoms with Crippen LogP contribution in [0.4, 0.5) is 0 Å². The number of piperidine rings is 1. The molecule has 0 aliphatic carbocycles. The number of rotatable bonds is 4. The van der Waals surface area contributed by atoms with E-state index in [9.17, 15) is 4.79 Å². The van der Waals surface area contributed by atoms with Crippen molar-refractivity contribution in [3.05, 3.63) is 71.4 Å². The van der Waals surface area contributed by atoms with Gasteiger partial charge in [0, 0.05) is 17.4 Å². The van der Waals surface area contributed by atoms with Crippen LogP contribution < -0.4 is 11.1 Å². The molecule has 0 spiro atoms. The van der Waals surface area contributed by atoms with E-state index in [2.05, 4.69) is 40.2 Å². The molecule has 1 aliphatic rings. The van der Waals surface area contributed by atoms with Gasteiger partial charge in [-0.05, 0) is 55.1 Å². The number of hydrogen-bond acceptors (Lipinski definition) is 2. The number of fused-ring (bicyclic) bond motifs is 1. The number of aromatic nitrogens is 1. The van der Waals surface area contributed by atoms with Gasteiger partial charge in [0.1, 0.15) is 5.69 Å². The number of nitrogens with two attached hydrogens (primary N) is 1. The zero-order valence-corrected chi connectivity index (χ0v) is 14.2. The smallest absolute Gasteiger partial charge is 0.265 e. The fourth-order valence-corrected chi connectivity index (χ4v) is 3.94. The van der Waals surface area contributed by atoms with Crippen molar-refractivity contribution in [3.8, 4) is 0 Å². The van der Waals surface area contributed by atoms with Crippen molar-refractivity contribution < 1.29 is 4.79 Å². The van der Waals surface area contributed by atoms with E-state index in [1.807, 2.05) is 24.3 Å². The minimum atomic E-state index is -0.372. The molecule has 4 rings (SSSR count). The van der Waals surface area contributed by atoms with Gasteiger partial charge >= 0.3 is 0 Å². The Kier molecular flexibility index (Phi) is 4.28. The second-order valence-electron chi connectivity index (χ2n) is 6.77. The molecule has 1 saturated heterocycles. The molecule has 4 nitrogen and oxygen atoms in total. The van der Waals surface area contributed by atoms with E-state index in [-0.39, 0.29) is 5.91 Å². The summed E-state index contributed by atoms with van der Waals surface area (Å²) in [6.07, 6.45) is 2.27. The molecule has 0 unspecified atom stereocenters. The summed E-state index contributed by atoms with van der Waals surface area (Å²) in [5.74, 6) is 0.168. The third kappa shape index (κ3) is 3.05. The third-order valence-corrected chi connectivity index (χ3v) is 5.19. The maximum Gasteiger partial charge on any atom is 0.265 e. The molecule has 25 heavy (non-hydrogen) atoms.